The van der Waals surface area contributed by atoms with Crippen LogP contribution in [0.25, 0.3) is 0 Å². The normalized spacial score (nSPS) is 11.5. The monoisotopic (exact) mass is 308 g/mol. The Morgan fingerprint density at radius 2 is 2.00 bits per heavy atom. The fraction of sp³-hybridized carbons (Fsp3) is 0.357. The molecule has 2 aromatic rings. The van der Waals surface area contributed by atoms with Crippen molar-refractivity contribution in [3.8, 4) is 0 Å². The number of nitrogens with one attached hydrogen (secondary N) is 1. The number of para-hydroxylation sites is 1. The minimum Gasteiger partial charge on any atom is -0.318 e. The van der Waals surface area contributed by atoms with Gasteiger partial charge in [0.25, 0.3) is 10.0 Å². The summed E-state index contributed by atoms with van der Waals surface area (Å²) < 4.78 is 28.4. The molecule has 0 radical (unpaired) electrons. The van der Waals surface area contributed by atoms with Crippen LogP contribution in [0.5, 0.6) is 0 Å². The van der Waals surface area contributed by atoms with Gasteiger partial charge in [-0.1, -0.05) is 18.2 Å². The summed E-state index contributed by atoms with van der Waals surface area (Å²) in [6, 6.07) is 9.08. The van der Waals surface area contributed by atoms with Crippen molar-refractivity contribution in [3.05, 3.63) is 42.7 Å². The molecule has 0 saturated heterocycles. The average molecular weight is 308 g/mol. The van der Waals surface area contributed by atoms with Gasteiger partial charge in [0.15, 0.2) is 0 Å². The Bertz CT molecular complexity index is 667. The molecule has 0 saturated carbocycles. The van der Waals surface area contributed by atoms with Crippen LogP contribution in [-0.2, 0) is 16.6 Å². The van der Waals surface area contributed by atoms with E-state index in [9.17, 15) is 8.42 Å². The molecule has 0 fully saturated rings. The molecule has 0 aliphatic rings. The van der Waals surface area contributed by atoms with Crippen LogP contribution in [0.15, 0.2) is 47.6 Å². The van der Waals surface area contributed by atoms with Crippen molar-refractivity contribution in [2.24, 2.45) is 0 Å². The summed E-state index contributed by atoms with van der Waals surface area (Å²) in [7, 11) is -1.74. The predicted octanol–water partition coefficient (Wildman–Crippen LogP) is 1.32. The lowest BCUT2D eigenvalue weighted by Gasteiger charge is -2.21. The SMILES string of the molecule is CCN(c1ccccc1)S(=O)(=O)c1cnn(CCNC)c1. The average Bonchev–Trinajstić information content (AvgIpc) is 2.96. The van der Waals surface area contributed by atoms with Crippen LogP contribution in [0.4, 0.5) is 5.69 Å². The number of benzene rings is 1. The van der Waals surface area contributed by atoms with Gasteiger partial charge in [-0.2, -0.15) is 5.10 Å². The van der Waals surface area contributed by atoms with Gasteiger partial charge in [0.05, 0.1) is 18.4 Å². The number of hydrogen-bond donors (Lipinski definition) is 1. The summed E-state index contributed by atoms with van der Waals surface area (Å²) in [6.45, 7) is 3.55. The molecule has 1 N–H and O–H groups in total. The number of likely N-dealkylation sites (N-methyl/N-ethyl adjacent to an activating group) is 1. The van der Waals surface area contributed by atoms with E-state index < -0.39 is 10.0 Å². The van der Waals surface area contributed by atoms with E-state index in [1.807, 2.05) is 32.2 Å². The van der Waals surface area contributed by atoms with Gasteiger partial charge in [0.2, 0.25) is 0 Å². The van der Waals surface area contributed by atoms with Crippen LogP contribution >= 0.6 is 0 Å². The number of anilines is 1. The van der Waals surface area contributed by atoms with E-state index in [-0.39, 0.29) is 4.90 Å². The van der Waals surface area contributed by atoms with E-state index in [4.69, 9.17) is 0 Å². The fourth-order valence-corrected chi connectivity index (χ4v) is 3.47. The summed E-state index contributed by atoms with van der Waals surface area (Å²) in [5, 5.41) is 7.10. The second-order valence-corrected chi connectivity index (χ2v) is 6.41. The van der Waals surface area contributed by atoms with Gasteiger partial charge in [0.1, 0.15) is 4.90 Å². The Balaban J connectivity index is 2.29. The Morgan fingerprint density at radius 3 is 2.62 bits per heavy atom. The number of sulfonamides is 1. The summed E-state index contributed by atoms with van der Waals surface area (Å²) in [5.41, 5.74) is 0.656. The molecule has 0 aliphatic heterocycles. The lowest BCUT2D eigenvalue weighted by molar-refractivity contribution is 0.580. The molecule has 1 heterocycles. The third kappa shape index (κ3) is 3.43. The van der Waals surface area contributed by atoms with Crippen LogP contribution < -0.4 is 9.62 Å². The minimum atomic E-state index is -3.58. The minimum absolute atomic E-state index is 0.212. The zero-order valence-electron chi connectivity index (χ0n) is 12.2. The summed E-state index contributed by atoms with van der Waals surface area (Å²) >= 11 is 0. The van der Waals surface area contributed by atoms with Gasteiger partial charge in [-0.25, -0.2) is 8.42 Å². The molecule has 0 spiro atoms. The Hall–Kier alpha value is -1.86. The third-order valence-corrected chi connectivity index (χ3v) is 4.98. The van der Waals surface area contributed by atoms with Crippen LogP contribution in [-0.4, -0.2) is 38.3 Å². The van der Waals surface area contributed by atoms with E-state index >= 15 is 0 Å². The van der Waals surface area contributed by atoms with Crippen molar-refractivity contribution in [3.63, 3.8) is 0 Å². The van der Waals surface area contributed by atoms with Gasteiger partial charge in [-0.05, 0) is 26.1 Å². The largest absolute Gasteiger partial charge is 0.318 e. The molecule has 1 aromatic heterocycles. The number of rotatable bonds is 7. The van der Waals surface area contributed by atoms with E-state index in [0.717, 1.165) is 6.54 Å². The van der Waals surface area contributed by atoms with Crippen molar-refractivity contribution in [2.45, 2.75) is 18.4 Å². The first-order valence-corrected chi connectivity index (χ1v) is 8.28. The highest BCUT2D eigenvalue weighted by Crippen LogP contribution is 2.22. The van der Waals surface area contributed by atoms with Crippen molar-refractivity contribution < 1.29 is 8.42 Å². The smallest absolute Gasteiger partial charge is 0.267 e. The Kier molecular flexibility index (Phi) is 4.98. The van der Waals surface area contributed by atoms with Crippen molar-refractivity contribution >= 4 is 15.7 Å². The second-order valence-electron chi connectivity index (χ2n) is 4.55. The van der Waals surface area contributed by atoms with Gasteiger partial charge >= 0.3 is 0 Å². The maximum atomic E-state index is 12.7. The quantitative estimate of drug-likeness (QED) is 0.837. The van der Waals surface area contributed by atoms with Gasteiger partial charge in [-0.15, -0.1) is 0 Å². The molecule has 7 heteroatoms. The van der Waals surface area contributed by atoms with Gasteiger partial charge in [-0.3, -0.25) is 8.99 Å². The maximum absolute atomic E-state index is 12.7. The first kappa shape index (κ1) is 15.5. The zero-order valence-corrected chi connectivity index (χ0v) is 13.0. The molecule has 0 aliphatic carbocycles. The van der Waals surface area contributed by atoms with Crippen LogP contribution in [0.2, 0.25) is 0 Å². The molecule has 0 bridgehead atoms. The van der Waals surface area contributed by atoms with Crippen LogP contribution in [0.1, 0.15) is 6.92 Å². The molecule has 2 rings (SSSR count). The van der Waals surface area contributed by atoms with E-state index in [1.165, 1.54) is 10.5 Å². The predicted molar refractivity (Wildman–Crippen MR) is 82.8 cm³/mol. The fourth-order valence-electron chi connectivity index (χ4n) is 2.04. The lowest BCUT2D eigenvalue weighted by Crippen LogP contribution is -2.30. The molecule has 6 nitrogen and oxygen atoms in total. The molecular weight excluding hydrogens is 288 g/mol. The van der Waals surface area contributed by atoms with E-state index in [0.29, 0.717) is 18.8 Å². The highest BCUT2D eigenvalue weighted by atomic mass is 32.2. The molecular formula is C14H20N4O2S. The van der Waals surface area contributed by atoms with Crippen molar-refractivity contribution in [1.82, 2.24) is 15.1 Å². The number of nitrogens with zero attached hydrogens (tertiary/aromatic N) is 3. The first-order chi connectivity index (χ1) is 10.1. The van der Waals surface area contributed by atoms with Crippen molar-refractivity contribution in [2.75, 3.05) is 24.4 Å². The summed E-state index contributed by atoms with van der Waals surface area (Å²) in [6.07, 6.45) is 2.97. The molecule has 0 atom stereocenters. The van der Waals surface area contributed by atoms with E-state index in [2.05, 4.69) is 10.4 Å². The van der Waals surface area contributed by atoms with Gasteiger partial charge < -0.3 is 5.32 Å². The number of hydrogen-bond acceptors (Lipinski definition) is 4. The second kappa shape index (κ2) is 6.73. The van der Waals surface area contributed by atoms with Crippen LogP contribution in [0.3, 0.4) is 0 Å². The molecule has 21 heavy (non-hydrogen) atoms. The molecule has 114 valence electrons. The maximum Gasteiger partial charge on any atom is 0.267 e. The molecule has 0 amide bonds. The highest BCUT2D eigenvalue weighted by molar-refractivity contribution is 7.92. The van der Waals surface area contributed by atoms with Crippen molar-refractivity contribution in [1.29, 1.82) is 0 Å². The lowest BCUT2D eigenvalue weighted by atomic mass is 10.3. The zero-order chi connectivity index (χ0) is 15.3. The van der Waals surface area contributed by atoms with Crippen LogP contribution in [0, 0.1) is 0 Å². The third-order valence-electron chi connectivity index (χ3n) is 3.12. The van der Waals surface area contributed by atoms with E-state index in [1.54, 1.807) is 23.0 Å². The summed E-state index contributed by atoms with van der Waals surface area (Å²) in [5.74, 6) is 0. The topological polar surface area (TPSA) is 67.2 Å². The van der Waals surface area contributed by atoms with Gasteiger partial charge in [0, 0.05) is 19.3 Å². The molecule has 0 unspecified atom stereocenters. The summed E-state index contributed by atoms with van der Waals surface area (Å²) in [4.78, 5) is 0.212. The Labute approximate surface area is 125 Å². The Morgan fingerprint density at radius 1 is 1.29 bits per heavy atom. The first-order valence-electron chi connectivity index (χ1n) is 6.84. The standard InChI is InChI=1S/C14H20N4O2S/c1-3-18(13-7-5-4-6-8-13)21(19,20)14-11-16-17(12-14)10-9-15-2/h4-8,11-12,15H,3,9-10H2,1-2H3. The number of aromatic nitrogens is 2. The highest BCUT2D eigenvalue weighted by Gasteiger charge is 2.24. The molecule has 1 aromatic carbocycles.